The summed E-state index contributed by atoms with van der Waals surface area (Å²) in [5.74, 6) is 0.401. The largest absolute Gasteiger partial charge is 0.376 e. The van der Waals surface area contributed by atoms with Gasteiger partial charge in [-0.15, -0.1) is 0 Å². The molecule has 6 heteroatoms. The van der Waals surface area contributed by atoms with Gasteiger partial charge in [0.05, 0.1) is 26.3 Å². The number of fused-ring (bicyclic) bond motifs is 1. The van der Waals surface area contributed by atoms with E-state index in [0.29, 0.717) is 32.2 Å². The van der Waals surface area contributed by atoms with Gasteiger partial charge in [-0.3, -0.25) is 9.78 Å². The molecule has 0 aliphatic carbocycles. The second kappa shape index (κ2) is 7.28. The van der Waals surface area contributed by atoms with Gasteiger partial charge in [0.25, 0.3) is 5.91 Å². The molecule has 1 atom stereocenters. The van der Waals surface area contributed by atoms with Crippen LogP contribution >= 0.6 is 0 Å². The van der Waals surface area contributed by atoms with Crippen LogP contribution in [0, 0.1) is 5.92 Å². The van der Waals surface area contributed by atoms with E-state index >= 15 is 0 Å². The van der Waals surface area contributed by atoms with Gasteiger partial charge < -0.3 is 18.9 Å². The SMILES string of the molecule is Cn1ccc2cc(C(=O)N3CC4(C3)OCC[C@H]4COCc3ccncc3)ccc21. The molecule has 2 aliphatic heterocycles. The third-order valence-electron chi connectivity index (χ3n) is 6.27. The molecule has 2 fully saturated rings. The number of benzene rings is 1. The maximum absolute atomic E-state index is 12.9. The summed E-state index contributed by atoms with van der Waals surface area (Å²) in [7, 11) is 2.01. The van der Waals surface area contributed by atoms with Gasteiger partial charge in [0.2, 0.25) is 0 Å². The highest BCUT2D eigenvalue weighted by atomic mass is 16.5. The molecule has 1 aromatic carbocycles. The van der Waals surface area contributed by atoms with Crippen LogP contribution in [0.4, 0.5) is 0 Å². The maximum atomic E-state index is 12.9. The molecule has 4 heterocycles. The number of aromatic nitrogens is 2. The summed E-state index contributed by atoms with van der Waals surface area (Å²) in [4.78, 5) is 18.9. The monoisotopic (exact) mass is 391 g/mol. The van der Waals surface area contributed by atoms with E-state index in [0.717, 1.165) is 35.1 Å². The summed E-state index contributed by atoms with van der Waals surface area (Å²) in [6, 6.07) is 11.9. The number of hydrogen-bond acceptors (Lipinski definition) is 4. The van der Waals surface area contributed by atoms with E-state index in [4.69, 9.17) is 9.47 Å². The average molecular weight is 391 g/mol. The van der Waals surface area contributed by atoms with E-state index in [-0.39, 0.29) is 11.5 Å². The number of aryl methyl sites for hydroxylation is 1. The molecule has 1 amide bonds. The van der Waals surface area contributed by atoms with Crippen molar-refractivity contribution in [3.05, 3.63) is 66.1 Å². The number of amides is 1. The Balaban J connectivity index is 1.20. The van der Waals surface area contributed by atoms with Crippen molar-refractivity contribution in [3.8, 4) is 0 Å². The molecule has 0 saturated carbocycles. The van der Waals surface area contributed by atoms with E-state index in [1.807, 2.05) is 54.5 Å². The van der Waals surface area contributed by atoms with Crippen LogP contribution in [0.3, 0.4) is 0 Å². The summed E-state index contributed by atoms with van der Waals surface area (Å²) in [6.45, 7) is 3.25. The number of ether oxygens (including phenoxy) is 2. The lowest BCUT2D eigenvalue weighted by Crippen LogP contribution is -2.66. The molecule has 0 bridgehead atoms. The van der Waals surface area contributed by atoms with Crippen molar-refractivity contribution in [2.24, 2.45) is 13.0 Å². The fourth-order valence-corrected chi connectivity index (χ4v) is 4.51. The Bertz CT molecular complexity index is 1020. The highest BCUT2D eigenvalue weighted by Gasteiger charge is 2.54. The van der Waals surface area contributed by atoms with E-state index in [9.17, 15) is 4.79 Å². The van der Waals surface area contributed by atoms with Gasteiger partial charge in [-0.1, -0.05) is 0 Å². The summed E-state index contributed by atoms with van der Waals surface area (Å²) in [5, 5.41) is 1.09. The molecular weight excluding hydrogens is 366 g/mol. The summed E-state index contributed by atoms with van der Waals surface area (Å²) in [5.41, 5.74) is 2.74. The molecular formula is C23H25N3O3. The molecule has 0 N–H and O–H groups in total. The Hall–Kier alpha value is -2.70. The smallest absolute Gasteiger partial charge is 0.254 e. The van der Waals surface area contributed by atoms with Crippen LogP contribution in [-0.2, 0) is 23.1 Å². The number of nitrogens with zero attached hydrogens (tertiary/aromatic N) is 3. The normalized spacial score (nSPS) is 20.3. The first-order valence-corrected chi connectivity index (χ1v) is 10.1. The summed E-state index contributed by atoms with van der Waals surface area (Å²) < 4.78 is 14.1. The van der Waals surface area contributed by atoms with Crippen LogP contribution in [0.25, 0.3) is 10.9 Å². The fraction of sp³-hybridized carbons (Fsp3) is 0.391. The van der Waals surface area contributed by atoms with Gasteiger partial charge >= 0.3 is 0 Å². The molecule has 2 aromatic heterocycles. The van der Waals surface area contributed by atoms with E-state index < -0.39 is 0 Å². The predicted molar refractivity (Wildman–Crippen MR) is 110 cm³/mol. The Labute approximate surface area is 170 Å². The molecule has 0 radical (unpaired) electrons. The van der Waals surface area contributed by atoms with Gasteiger partial charge in [0.1, 0.15) is 5.60 Å². The van der Waals surface area contributed by atoms with Crippen LogP contribution < -0.4 is 0 Å². The van der Waals surface area contributed by atoms with Gasteiger partial charge in [-0.05, 0) is 48.4 Å². The van der Waals surface area contributed by atoms with Crippen molar-refractivity contribution in [2.45, 2.75) is 18.6 Å². The van der Waals surface area contributed by atoms with E-state index in [1.54, 1.807) is 12.4 Å². The van der Waals surface area contributed by atoms with Crippen molar-refractivity contribution in [3.63, 3.8) is 0 Å². The molecule has 3 aromatic rings. The zero-order valence-electron chi connectivity index (χ0n) is 16.6. The lowest BCUT2D eigenvalue weighted by atomic mass is 9.81. The summed E-state index contributed by atoms with van der Waals surface area (Å²) in [6.07, 6.45) is 6.55. The first kappa shape index (κ1) is 18.3. The highest BCUT2D eigenvalue weighted by Crippen LogP contribution is 2.40. The molecule has 2 aliphatic rings. The van der Waals surface area contributed by atoms with Gasteiger partial charge in [0.15, 0.2) is 0 Å². The number of carbonyl (C=O) groups excluding carboxylic acids is 1. The first-order valence-electron chi connectivity index (χ1n) is 10.1. The standard InChI is InChI=1S/C23H25N3O3/c1-25-10-6-18-12-19(2-3-21(18)25)22(27)26-15-23(16-26)20(7-11-29-23)14-28-13-17-4-8-24-9-5-17/h2-6,8-10,12,20H,7,11,13-16H2,1H3/t20-/m0/s1. The molecule has 5 rings (SSSR count). The van der Waals surface area contributed by atoms with Crippen molar-refractivity contribution < 1.29 is 14.3 Å². The molecule has 1 spiro atoms. The average Bonchev–Trinajstić information content (AvgIpc) is 3.31. The van der Waals surface area contributed by atoms with Crippen LogP contribution in [0.2, 0.25) is 0 Å². The number of rotatable bonds is 5. The highest BCUT2D eigenvalue weighted by molar-refractivity contribution is 5.98. The Kier molecular flexibility index (Phi) is 4.60. The van der Waals surface area contributed by atoms with Crippen molar-refractivity contribution >= 4 is 16.8 Å². The van der Waals surface area contributed by atoms with Crippen molar-refractivity contribution in [1.82, 2.24) is 14.5 Å². The Morgan fingerprint density at radius 3 is 2.90 bits per heavy atom. The molecule has 0 unspecified atom stereocenters. The van der Waals surface area contributed by atoms with Gasteiger partial charge in [-0.2, -0.15) is 0 Å². The second-order valence-electron chi connectivity index (χ2n) is 8.13. The zero-order valence-corrected chi connectivity index (χ0v) is 16.6. The predicted octanol–water partition coefficient (Wildman–Crippen LogP) is 3.02. The van der Waals surface area contributed by atoms with Crippen LogP contribution in [0.5, 0.6) is 0 Å². The number of carbonyl (C=O) groups is 1. The van der Waals surface area contributed by atoms with Crippen LogP contribution in [-0.4, -0.2) is 52.3 Å². The summed E-state index contributed by atoms with van der Waals surface area (Å²) >= 11 is 0. The quantitative estimate of drug-likeness (QED) is 0.671. The molecule has 29 heavy (non-hydrogen) atoms. The maximum Gasteiger partial charge on any atom is 0.254 e. The second-order valence-corrected chi connectivity index (χ2v) is 8.13. The third kappa shape index (κ3) is 3.32. The van der Waals surface area contributed by atoms with Gasteiger partial charge in [-0.25, -0.2) is 0 Å². The number of likely N-dealkylation sites (tertiary alicyclic amines) is 1. The lowest BCUT2D eigenvalue weighted by molar-refractivity contribution is -0.129. The number of hydrogen-bond donors (Lipinski definition) is 0. The van der Waals surface area contributed by atoms with Crippen molar-refractivity contribution in [1.29, 1.82) is 0 Å². The molecule has 6 nitrogen and oxygen atoms in total. The van der Waals surface area contributed by atoms with Gasteiger partial charge in [0, 0.05) is 54.6 Å². The minimum atomic E-state index is -0.245. The number of pyridine rings is 1. The van der Waals surface area contributed by atoms with Crippen molar-refractivity contribution in [2.75, 3.05) is 26.3 Å². The van der Waals surface area contributed by atoms with Crippen LogP contribution in [0.15, 0.2) is 55.0 Å². The van der Waals surface area contributed by atoms with E-state index in [1.165, 1.54) is 0 Å². The third-order valence-corrected chi connectivity index (χ3v) is 6.27. The van der Waals surface area contributed by atoms with E-state index in [2.05, 4.69) is 9.55 Å². The Morgan fingerprint density at radius 2 is 2.07 bits per heavy atom. The Morgan fingerprint density at radius 1 is 1.24 bits per heavy atom. The lowest BCUT2D eigenvalue weighted by Gasteiger charge is -2.50. The molecule has 2 saturated heterocycles. The minimum absolute atomic E-state index is 0.0772. The van der Waals surface area contributed by atoms with Crippen LogP contribution in [0.1, 0.15) is 22.3 Å². The minimum Gasteiger partial charge on any atom is -0.376 e. The molecule has 150 valence electrons. The zero-order chi connectivity index (χ0) is 19.8. The topological polar surface area (TPSA) is 56.6 Å². The first-order chi connectivity index (χ1) is 14.1. The fourth-order valence-electron chi connectivity index (χ4n) is 4.51.